The summed E-state index contributed by atoms with van der Waals surface area (Å²) in [6.45, 7) is 3.11. The number of thioether (sulfide) groups is 1. The molecular weight excluding hydrogens is 469 g/mol. The molecule has 0 bridgehead atoms. The van der Waals surface area contributed by atoms with Crippen LogP contribution in [0.1, 0.15) is 18.1 Å². The Morgan fingerprint density at radius 3 is 2.50 bits per heavy atom. The Morgan fingerprint density at radius 2 is 1.76 bits per heavy atom. The predicted octanol–water partition coefficient (Wildman–Crippen LogP) is 7.11. The summed E-state index contributed by atoms with van der Waals surface area (Å²) in [5.74, 6) is -0.398. The minimum Gasteiger partial charge on any atom is -0.342 e. The van der Waals surface area contributed by atoms with Crippen molar-refractivity contribution >= 4 is 57.1 Å². The summed E-state index contributed by atoms with van der Waals surface area (Å²) in [5.41, 5.74) is 3.81. The molecule has 170 valence electrons. The molecule has 1 aliphatic rings. The second kappa shape index (κ2) is 9.49. The molecule has 3 aromatic carbocycles. The zero-order chi connectivity index (χ0) is 23.7. The summed E-state index contributed by atoms with van der Waals surface area (Å²) in [6.07, 6.45) is 4.01. The number of aromatic nitrogens is 1. The highest BCUT2D eigenvalue weighted by molar-refractivity contribution is 8.18. The third-order valence-electron chi connectivity index (χ3n) is 5.63. The van der Waals surface area contributed by atoms with Crippen LogP contribution in [0.4, 0.5) is 10.1 Å². The predicted molar refractivity (Wildman–Crippen MR) is 139 cm³/mol. The zero-order valence-electron chi connectivity index (χ0n) is 18.4. The maximum atomic E-state index is 13.3. The first kappa shape index (κ1) is 22.4. The molecule has 0 saturated carbocycles. The molecule has 1 amide bonds. The Bertz CT molecular complexity index is 1420. The number of nitrogens with zero attached hydrogens (tertiary/aromatic N) is 3. The summed E-state index contributed by atoms with van der Waals surface area (Å²) in [6, 6.07) is 21.9. The van der Waals surface area contributed by atoms with Gasteiger partial charge in [-0.25, -0.2) is 9.38 Å². The van der Waals surface area contributed by atoms with Crippen LogP contribution < -0.4 is 0 Å². The quantitative estimate of drug-likeness (QED) is 0.280. The number of benzene rings is 3. The second-order valence-electron chi connectivity index (χ2n) is 7.89. The van der Waals surface area contributed by atoms with Gasteiger partial charge in [0.2, 0.25) is 0 Å². The van der Waals surface area contributed by atoms with Gasteiger partial charge in [-0.05, 0) is 72.8 Å². The lowest BCUT2D eigenvalue weighted by molar-refractivity contribution is -0.122. The number of rotatable bonds is 5. The molecule has 4 nitrogen and oxygen atoms in total. The number of amides is 1. The van der Waals surface area contributed by atoms with Gasteiger partial charge in [0.25, 0.3) is 5.91 Å². The zero-order valence-corrected chi connectivity index (χ0v) is 20.0. The normalized spacial score (nSPS) is 16.3. The first-order valence-electron chi connectivity index (χ1n) is 10.9. The molecule has 0 atom stereocenters. The lowest BCUT2D eigenvalue weighted by atomic mass is 10.1. The number of carbonyl (C=O) groups excluding carboxylic acids is 1. The summed E-state index contributed by atoms with van der Waals surface area (Å²) in [7, 11) is 0. The van der Waals surface area contributed by atoms with Gasteiger partial charge in [-0.1, -0.05) is 41.9 Å². The highest BCUT2D eigenvalue weighted by atomic mass is 35.5. The van der Waals surface area contributed by atoms with E-state index in [1.807, 2.05) is 49.4 Å². The van der Waals surface area contributed by atoms with Crippen molar-refractivity contribution in [2.24, 2.45) is 4.99 Å². The van der Waals surface area contributed by atoms with Crippen molar-refractivity contribution < 1.29 is 9.18 Å². The van der Waals surface area contributed by atoms with E-state index in [0.29, 0.717) is 33.9 Å². The summed E-state index contributed by atoms with van der Waals surface area (Å²) in [4.78, 5) is 20.0. The number of carbonyl (C=O) groups is 1. The Morgan fingerprint density at radius 1 is 1.03 bits per heavy atom. The Kier molecular flexibility index (Phi) is 6.26. The van der Waals surface area contributed by atoms with Crippen LogP contribution in [0.5, 0.6) is 0 Å². The van der Waals surface area contributed by atoms with Gasteiger partial charge in [0.15, 0.2) is 5.17 Å². The minimum absolute atomic E-state index is 0.0807. The summed E-state index contributed by atoms with van der Waals surface area (Å²) >= 11 is 7.38. The molecule has 2 heterocycles. The van der Waals surface area contributed by atoms with Crippen LogP contribution in [-0.2, 0) is 11.3 Å². The SMILES string of the molecule is CCN1C(=O)/C(=C\c2cn(Cc3ccc(Cl)cc3)c3ccccc23)SC1=Nc1ccc(F)cc1. The molecule has 7 heteroatoms. The largest absolute Gasteiger partial charge is 0.342 e. The van der Waals surface area contributed by atoms with E-state index < -0.39 is 0 Å². The van der Waals surface area contributed by atoms with E-state index in [-0.39, 0.29) is 11.7 Å². The van der Waals surface area contributed by atoms with E-state index in [1.54, 1.807) is 17.0 Å². The summed E-state index contributed by atoms with van der Waals surface area (Å²) < 4.78 is 15.4. The third kappa shape index (κ3) is 4.52. The number of fused-ring (bicyclic) bond motifs is 1. The Hall–Kier alpha value is -3.35. The molecule has 0 spiro atoms. The van der Waals surface area contributed by atoms with Gasteiger partial charge >= 0.3 is 0 Å². The number of aliphatic imine (C=N–C) groups is 1. The van der Waals surface area contributed by atoms with Crippen molar-refractivity contribution in [1.82, 2.24) is 9.47 Å². The molecule has 1 fully saturated rings. The number of hydrogen-bond donors (Lipinski definition) is 0. The van der Waals surface area contributed by atoms with E-state index in [0.717, 1.165) is 22.0 Å². The molecule has 1 saturated heterocycles. The lowest BCUT2D eigenvalue weighted by Crippen LogP contribution is -2.28. The minimum atomic E-state index is -0.318. The van der Waals surface area contributed by atoms with Crippen LogP contribution in [0.15, 0.2) is 88.9 Å². The average molecular weight is 490 g/mol. The number of amidine groups is 1. The fourth-order valence-electron chi connectivity index (χ4n) is 3.95. The molecule has 1 aliphatic heterocycles. The number of para-hydroxylation sites is 1. The van der Waals surface area contributed by atoms with Crippen LogP contribution in [-0.4, -0.2) is 27.1 Å². The van der Waals surface area contributed by atoms with Crippen LogP contribution in [0.2, 0.25) is 5.02 Å². The van der Waals surface area contributed by atoms with Gasteiger partial charge in [0.05, 0.1) is 10.6 Å². The lowest BCUT2D eigenvalue weighted by Gasteiger charge is -2.11. The van der Waals surface area contributed by atoms with Crippen LogP contribution >= 0.6 is 23.4 Å². The standard InChI is InChI=1S/C27H21ClFN3OS/c1-2-32-26(33)25(34-27(32)30-22-13-11-21(29)12-14-22)15-19-17-31(24-6-4-3-5-23(19)24)16-18-7-9-20(28)10-8-18/h3-15,17H,2,16H2,1H3/b25-15+,30-27?. The highest BCUT2D eigenvalue weighted by Gasteiger charge is 2.32. The molecular formula is C27H21ClFN3OS. The smallest absolute Gasteiger partial charge is 0.266 e. The number of likely N-dealkylation sites (N-methyl/N-ethyl adjacent to an activating group) is 1. The molecule has 4 aromatic rings. The van der Waals surface area contributed by atoms with Crippen molar-refractivity contribution in [1.29, 1.82) is 0 Å². The van der Waals surface area contributed by atoms with Crippen LogP contribution in [0, 0.1) is 5.82 Å². The van der Waals surface area contributed by atoms with Gasteiger partial charge in [-0.2, -0.15) is 0 Å². The van der Waals surface area contributed by atoms with Crippen LogP contribution in [0.25, 0.3) is 17.0 Å². The van der Waals surface area contributed by atoms with Crippen molar-refractivity contribution in [3.8, 4) is 0 Å². The summed E-state index contributed by atoms with van der Waals surface area (Å²) in [5, 5.41) is 2.38. The fraction of sp³-hybridized carbons (Fsp3) is 0.111. The van der Waals surface area contributed by atoms with Crippen molar-refractivity contribution in [2.45, 2.75) is 13.5 Å². The fourth-order valence-corrected chi connectivity index (χ4v) is 5.12. The molecule has 1 aromatic heterocycles. The number of hydrogen-bond acceptors (Lipinski definition) is 3. The van der Waals surface area contributed by atoms with Crippen LogP contribution in [0.3, 0.4) is 0 Å². The van der Waals surface area contributed by atoms with Crippen molar-refractivity contribution in [2.75, 3.05) is 6.54 Å². The van der Waals surface area contributed by atoms with Gasteiger partial charge in [0.1, 0.15) is 5.82 Å². The maximum Gasteiger partial charge on any atom is 0.266 e. The molecule has 0 N–H and O–H groups in total. The third-order valence-corrected chi connectivity index (χ3v) is 6.89. The molecule has 0 aliphatic carbocycles. The second-order valence-corrected chi connectivity index (χ2v) is 9.33. The molecule has 0 radical (unpaired) electrons. The van der Waals surface area contributed by atoms with Gasteiger partial charge in [-0.15, -0.1) is 0 Å². The van der Waals surface area contributed by atoms with E-state index in [9.17, 15) is 9.18 Å². The highest BCUT2D eigenvalue weighted by Crippen LogP contribution is 2.35. The van der Waals surface area contributed by atoms with Gasteiger partial charge in [-0.3, -0.25) is 9.69 Å². The first-order chi connectivity index (χ1) is 16.5. The van der Waals surface area contributed by atoms with Crippen molar-refractivity contribution in [3.63, 3.8) is 0 Å². The molecule has 5 rings (SSSR count). The van der Waals surface area contributed by atoms with E-state index in [1.165, 1.54) is 23.9 Å². The topological polar surface area (TPSA) is 37.6 Å². The molecule has 0 unspecified atom stereocenters. The van der Waals surface area contributed by atoms with Gasteiger partial charge < -0.3 is 4.57 Å². The van der Waals surface area contributed by atoms with Crippen molar-refractivity contribution in [3.05, 3.63) is 106 Å². The van der Waals surface area contributed by atoms with E-state index in [2.05, 4.69) is 27.9 Å². The number of halogens is 2. The van der Waals surface area contributed by atoms with Gasteiger partial charge in [0, 0.05) is 40.8 Å². The molecule has 34 heavy (non-hydrogen) atoms. The monoisotopic (exact) mass is 489 g/mol. The van der Waals surface area contributed by atoms with E-state index >= 15 is 0 Å². The van der Waals surface area contributed by atoms with E-state index in [4.69, 9.17) is 11.6 Å². The average Bonchev–Trinajstić information content (AvgIpc) is 3.33. The Labute approximate surface area is 206 Å². The Balaban J connectivity index is 1.50. The first-order valence-corrected chi connectivity index (χ1v) is 12.1. The maximum absolute atomic E-state index is 13.3.